The maximum Gasteiger partial charge on any atom is 0.227 e. The molecule has 432 valence electrons. The monoisotopic (exact) mass is 1150 g/mol. The second-order valence-corrected chi connectivity index (χ2v) is 23.8. The summed E-state index contributed by atoms with van der Waals surface area (Å²) in [5.41, 5.74) is 30.4. The molecule has 0 aliphatic rings. The van der Waals surface area contributed by atoms with Crippen molar-refractivity contribution in [3.8, 4) is 67.2 Å². The number of benzene rings is 6. The Kier molecular flexibility index (Phi) is 14.7. The molecule has 0 saturated carbocycles. The van der Waals surface area contributed by atoms with Crippen LogP contribution >= 0.6 is 0 Å². The van der Waals surface area contributed by atoms with E-state index in [1.165, 1.54) is 72.3 Å². The summed E-state index contributed by atoms with van der Waals surface area (Å²) >= 11 is 0. The molecule has 0 aliphatic heterocycles. The van der Waals surface area contributed by atoms with Crippen molar-refractivity contribution in [3.05, 3.63) is 251 Å². The van der Waals surface area contributed by atoms with Crippen molar-refractivity contribution in [1.29, 1.82) is 0 Å². The lowest BCUT2D eigenvalue weighted by Gasteiger charge is -2.11. The standard InChI is InChI=1S/C27H25N2O.2C26H23N2O/c1-16-14-23(29(5)15-22(16)20-9-7-6-8-10-20)25-18(3)13-17(2)24-21-12-11-19(4)28-27(21)30-26(24)25;1-16-14-17(2)24(25-23(16)21-12-10-18(3)27-26(21)29-25)22-13-11-20(15-28(22)4)19-8-6-5-7-9-19;1-16-10-12-20-21-13-11-18(3)27-26(21)29-25(20)24(16)23-14-17(2)22(15-28(23)4)19-8-6-5-7-9-19/h6-15H,1-5H3;2*5-15H,1-4H3/q3*+1. The highest BCUT2D eigenvalue weighted by Gasteiger charge is 2.27. The van der Waals surface area contributed by atoms with Gasteiger partial charge in [0.15, 0.2) is 35.3 Å². The summed E-state index contributed by atoms with van der Waals surface area (Å²) in [6.45, 7) is 21.1. The zero-order chi connectivity index (χ0) is 61.2. The number of hydrogen-bond donors (Lipinski definition) is 0. The van der Waals surface area contributed by atoms with Crippen molar-refractivity contribution >= 4 is 66.2 Å². The smallest absolute Gasteiger partial charge is 0.227 e. The maximum absolute atomic E-state index is 6.37. The molecule has 0 unspecified atom stereocenters. The molecule has 9 heterocycles. The number of aromatic nitrogens is 6. The molecular formula is C79H71N6O3+3. The van der Waals surface area contributed by atoms with Crippen LogP contribution in [0.5, 0.6) is 0 Å². The van der Waals surface area contributed by atoms with Crippen LogP contribution in [0.15, 0.2) is 208 Å². The van der Waals surface area contributed by atoms with Gasteiger partial charge in [0.2, 0.25) is 34.2 Å². The number of pyridine rings is 6. The minimum atomic E-state index is 0.701. The number of nitrogens with zero attached hydrogens (tertiary/aromatic N) is 6. The predicted molar refractivity (Wildman–Crippen MR) is 358 cm³/mol. The third-order valence-electron chi connectivity index (χ3n) is 17.3. The first-order valence-electron chi connectivity index (χ1n) is 30.1. The first kappa shape index (κ1) is 56.7. The van der Waals surface area contributed by atoms with Gasteiger partial charge in [-0.05, 0) is 167 Å². The van der Waals surface area contributed by atoms with E-state index in [0.29, 0.717) is 17.1 Å². The van der Waals surface area contributed by atoms with Gasteiger partial charge in [-0.2, -0.15) is 0 Å². The molecule has 0 bridgehead atoms. The van der Waals surface area contributed by atoms with Crippen LogP contribution < -0.4 is 13.7 Å². The third-order valence-corrected chi connectivity index (χ3v) is 17.3. The highest BCUT2D eigenvalue weighted by molar-refractivity contribution is 6.12. The second-order valence-electron chi connectivity index (χ2n) is 23.8. The largest absolute Gasteiger partial charge is 0.437 e. The van der Waals surface area contributed by atoms with E-state index in [9.17, 15) is 0 Å². The Morgan fingerprint density at radius 2 is 0.670 bits per heavy atom. The molecule has 0 N–H and O–H groups in total. The number of fused-ring (bicyclic) bond motifs is 9. The zero-order valence-electron chi connectivity index (χ0n) is 52.4. The Balaban J connectivity index is 0.000000122. The molecule has 88 heavy (non-hydrogen) atoms. The highest BCUT2D eigenvalue weighted by atomic mass is 16.3. The molecule has 9 nitrogen and oxygen atoms in total. The van der Waals surface area contributed by atoms with Crippen LogP contribution in [0, 0.1) is 69.2 Å². The van der Waals surface area contributed by atoms with E-state index >= 15 is 0 Å². The van der Waals surface area contributed by atoms with Gasteiger partial charge >= 0.3 is 0 Å². The van der Waals surface area contributed by atoms with Gasteiger partial charge in [0.05, 0.1) is 16.7 Å². The molecule has 0 saturated heterocycles. The summed E-state index contributed by atoms with van der Waals surface area (Å²) in [6, 6.07) is 61.7. The SMILES string of the molecule is Cc1ccc2c(n1)oc1c(-c3cc(C)c(-c4ccccc4)c[n+]3C)c(C)cc(C)c12.Cc1ccc2c(n1)oc1c(-c3cc(C)c(-c4ccccc4)c[n+]3C)c(C)ccc12.Cc1ccc2c(n1)oc1c(-c3ccc(-c4ccccc4)c[n+]3C)c(C)cc(C)c12. The predicted octanol–water partition coefficient (Wildman–Crippen LogP) is 18.5. The first-order valence-corrected chi connectivity index (χ1v) is 30.1. The fourth-order valence-electron chi connectivity index (χ4n) is 12.9. The molecule has 15 aromatic rings. The zero-order valence-corrected chi connectivity index (χ0v) is 52.4. The lowest BCUT2D eigenvalue weighted by Crippen LogP contribution is -2.31. The Bertz CT molecular complexity index is 5230. The van der Waals surface area contributed by atoms with Crippen LogP contribution in [-0.4, -0.2) is 15.0 Å². The first-order chi connectivity index (χ1) is 42.5. The van der Waals surface area contributed by atoms with Crippen LogP contribution in [-0.2, 0) is 21.1 Å². The molecule has 0 spiro atoms. The van der Waals surface area contributed by atoms with Crippen LogP contribution in [0.3, 0.4) is 0 Å². The van der Waals surface area contributed by atoms with Gasteiger partial charge < -0.3 is 13.3 Å². The van der Waals surface area contributed by atoms with Crippen molar-refractivity contribution in [2.75, 3.05) is 0 Å². The Morgan fingerprint density at radius 1 is 0.284 bits per heavy atom. The number of rotatable bonds is 6. The van der Waals surface area contributed by atoms with Crippen LogP contribution in [0.25, 0.3) is 133 Å². The van der Waals surface area contributed by atoms with Gasteiger partial charge in [-0.1, -0.05) is 115 Å². The average molecular weight is 1150 g/mol. The maximum atomic E-state index is 6.37. The van der Waals surface area contributed by atoms with Crippen molar-refractivity contribution in [2.24, 2.45) is 21.1 Å². The quantitative estimate of drug-likeness (QED) is 0.154. The van der Waals surface area contributed by atoms with Crippen LogP contribution in [0.1, 0.15) is 56.0 Å². The molecule has 0 amide bonds. The summed E-state index contributed by atoms with van der Waals surface area (Å²) in [5, 5.41) is 6.63. The molecule has 6 aromatic carbocycles. The van der Waals surface area contributed by atoms with Gasteiger partial charge in [0, 0.05) is 84.3 Å². The van der Waals surface area contributed by atoms with E-state index in [-0.39, 0.29) is 0 Å². The Hall–Kier alpha value is -10.4. The van der Waals surface area contributed by atoms with E-state index in [0.717, 1.165) is 99.9 Å². The van der Waals surface area contributed by atoms with E-state index in [1.807, 2.05) is 39.0 Å². The summed E-state index contributed by atoms with van der Waals surface area (Å²) in [7, 11) is 6.31. The lowest BCUT2D eigenvalue weighted by atomic mass is 9.95. The fraction of sp³-hybridized carbons (Fsp3) is 0.165. The highest BCUT2D eigenvalue weighted by Crippen LogP contribution is 2.42. The fourth-order valence-corrected chi connectivity index (χ4v) is 12.9. The van der Waals surface area contributed by atoms with Gasteiger partial charge in [0.1, 0.15) is 21.1 Å². The molecule has 0 radical (unpaired) electrons. The molecular weight excluding hydrogens is 1080 g/mol. The number of hydrogen-bond acceptors (Lipinski definition) is 6. The van der Waals surface area contributed by atoms with E-state index < -0.39 is 0 Å². The van der Waals surface area contributed by atoms with Gasteiger partial charge in [-0.25, -0.2) is 28.7 Å². The Labute approximate surface area is 513 Å². The van der Waals surface area contributed by atoms with Gasteiger partial charge in [-0.3, -0.25) is 0 Å². The topological polar surface area (TPSA) is 89.7 Å². The molecule has 0 atom stereocenters. The summed E-state index contributed by atoms with van der Waals surface area (Å²) in [6.07, 6.45) is 6.61. The molecule has 0 aliphatic carbocycles. The number of furan rings is 3. The van der Waals surface area contributed by atoms with Crippen molar-refractivity contribution in [1.82, 2.24) is 15.0 Å². The lowest BCUT2D eigenvalue weighted by molar-refractivity contribution is -0.660. The van der Waals surface area contributed by atoms with Crippen molar-refractivity contribution in [2.45, 2.75) is 69.2 Å². The van der Waals surface area contributed by atoms with Crippen molar-refractivity contribution < 1.29 is 27.0 Å². The average Bonchev–Trinajstić information content (AvgIpc) is 1.92. The van der Waals surface area contributed by atoms with Crippen LogP contribution in [0.4, 0.5) is 0 Å². The van der Waals surface area contributed by atoms with Gasteiger partial charge in [0.25, 0.3) is 0 Å². The molecule has 9 heteroatoms. The minimum absolute atomic E-state index is 0.701. The summed E-state index contributed by atoms with van der Waals surface area (Å²) in [5.74, 6) is 0. The van der Waals surface area contributed by atoms with E-state index in [4.69, 9.17) is 13.3 Å². The third kappa shape index (κ3) is 10.3. The van der Waals surface area contributed by atoms with E-state index in [1.54, 1.807) is 0 Å². The van der Waals surface area contributed by atoms with Gasteiger partial charge in [-0.15, -0.1) is 0 Å². The summed E-state index contributed by atoms with van der Waals surface area (Å²) < 4.78 is 25.6. The molecule has 0 fully saturated rings. The normalized spacial score (nSPS) is 11.5. The van der Waals surface area contributed by atoms with Crippen molar-refractivity contribution in [3.63, 3.8) is 0 Å². The second kappa shape index (κ2) is 22.8. The van der Waals surface area contributed by atoms with Crippen LogP contribution in [0.2, 0.25) is 0 Å². The molecule has 9 aromatic heterocycles. The number of aryl methyl sites for hydroxylation is 13. The molecule has 15 rings (SSSR count). The minimum Gasteiger partial charge on any atom is -0.437 e. The summed E-state index contributed by atoms with van der Waals surface area (Å²) in [4.78, 5) is 13.9. The van der Waals surface area contributed by atoms with E-state index in [2.05, 4.69) is 275 Å². The Morgan fingerprint density at radius 3 is 1.14 bits per heavy atom.